The van der Waals surface area contributed by atoms with Gasteiger partial charge in [0.1, 0.15) is 12.3 Å². The Morgan fingerprint density at radius 3 is 2.21 bits per heavy atom. The minimum atomic E-state index is -4.09. The van der Waals surface area contributed by atoms with Crippen molar-refractivity contribution >= 4 is 44.9 Å². The number of anilines is 2. The van der Waals surface area contributed by atoms with Crippen molar-refractivity contribution in [3.63, 3.8) is 0 Å². The normalized spacial score (nSPS) is 10.9. The minimum Gasteiger partial charge on any atom is -0.495 e. The summed E-state index contributed by atoms with van der Waals surface area (Å²) in [6.07, 6.45) is 0. The van der Waals surface area contributed by atoms with Crippen LogP contribution in [0.3, 0.4) is 0 Å². The zero-order valence-electron chi connectivity index (χ0n) is 17.8. The summed E-state index contributed by atoms with van der Waals surface area (Å²) in [7, 11) is -1.38. The molecule has 3 aromatic rings. The highest BCUT2D eigenvalue weighted by Gasteiger charge is 2.27. The molecule has 1 N–H and O–H groups in total. The third-order valence-electron chi connectivity index (χ3n) is 4.63. The van der Waals surface area contributed by atoms with E-state index in [0.717, 1.165) is 4.31 Å². The monoisotopic (exact) mass is 488 g/mol. The van der Waals surface area contributed by atoms with Gasteiger partial charge in [0.05, 0.1) is 35.4 Å². The standard InChI is InChI=1S/C23H21ClN2O6S/c1-31-21-13-12-18(14-20(21)24)26(33(29,30)19-6-4-3-5-7-19)15-22(27)25-17-10-8-16(9-11-17)23(28)32-2/h3-14H,15H2,1-2H3,(H,25,27). The SMILES string of the molecule is COC(=O)c1ccc(NC(=O)CN(c2ccc(OC)c(Cl)c2)S(=O)(=O)c2ccccc2)cc1. The van der Waals surface area contributed by atoms with Gasteiger partial charge in [0.25, 0.3) is 10.0 Å². The maximum Gasteiger partial charge on any atom is 0.337 e. The van der Waals surface area contributed by atoms with Gasteiger partial charge in [-0.2, -0.15) is 0 Å². The topological polar surface area (TPSA) is 102 Å². The van der Waals surface area contributed by atoms with E-state index < -0.39 is 28.4 Å². The molecule has 0 unspecified atom stereocenters. The predicted octanol–water partition coefficient (Wildman–Crippen LogP) is 3.97. The van der Waals surface area contributed by atoms with Crippen LogP contribution in [-0.4, -0.2) is 41.1 Å². The van der Waals surface area contributed by atoms with Crippen molar-refractivity contribution in [2.24, 2.45) is 0 Å². The first-order valence-electron chi connectivity index (χ1n) is 9.66. The third kappa shape index (κ3) is 5.63. The van der Waals surface area contributed by atoms with E-state index in [1.165, 1.54) is 68.8 Å². The van der Waals surface area contributed by atoms with Crippen molar-refractivity contribution in [1.29, 1.82) is 0 Å². The second-order valence-electron chi connectivity index (χ2n) is 6.76. The second-order valence-corrected chi connectivity index (χ2v) is 9.03. The molecule has 0 atom stereocenters. The van der Waals surface area contributed by atoms with Crippen LogP contribution in [0.4, 0.5) is 11.4 Å². The number of benzene rings is 3. The number of ether oxygens (including phenoxy) is 2. The summed E-state index contributed by atoms with van der Waals surface area (Å²) in [4.78, 5) is 24.4. The van der Waals surface area contributed by atoms with Crippen LogP contribution in [0, 0.1) is 0 Å². The van der Waals surface area contributed by atoms with Gasteiger partial charge in [-0.15, -0.1) is 0 Å². The summed E-state index contributed by atoms with van der Waals surface area (Å²) in [5.74, 6) is -0.732. The molecule has 1 amide bonds. The first-order chi connectivity index (χ1) is 15.8. The molecule has 0 bridgehead atoms. The maximum atomic E-state index is 13.4. The second kappa shape index (κ2) is 10.4. The molecule has 0 aliphatic heterocycles. The fraction of sp³-hybridized carbons (Fsp3) is 0.130. The van der Waals surface area contributed by atoms with Crippen molar-refractivity contribution in [3.05, 3.63) is 83.4 Å². The Hall–Kier alpha value is -3.56. The van der Waals surface area contributed by atoms with E-state index >= 15 is 0 Å². The Morgan fingerprint density at radius 1 is 0.970 bits per heavy atom. The Morgan fingerprint density at radius 2 is 1.64 bits per heavy atom. The van der Waals surface area contributed by atoms with E-state index in [2.05, 4.69) is 10.1 Å². The molecule has 0 radical (unpaired) electrons. The Bertz CT molecular complexity index is 1250. The van der Waals surface area contributed by atoms with E-state index in [9.17, 15) is 18.0 Å². The summed E-state index contributed by atoms with van der Waals surface area (Å²) in [5, 5.41) is 2.83. The lowest BCUT2D eigenvalue weighted by molar-refractivity contribution is -0.114. The summed E-state index contributed by atoms with van der Waals surface area (Å²) in [6, 6.07) is 18.2. The highest BCUT2D eigenvalue weighted by Crippen LogP contribution is 2.32. The smallest absolute Gasteiger partial charge is 0.337 e. The summed E-state index contributed by atoms with van der Waals surface area (Å²) < 4.78 is 37.5. The van der Waals surface area contributed by atoms with Gasteiger partial charge in [0, 0.05) is 5.69 Å². The lowest BCUT2D eigenvalue weighted by Crippen LogP contribution is -2.38. The van der Waals surface area contributed by atoms with E-state index in [1.54, 1.807) is 18.2 Å². The van der Waals surface area contributed by atoms with Gasteiger partial charge < -0.3 is 14.8 Å². The molecule has 0 saturated heterocycles. The molecule has 3 rings (SSSR count). The van der Waals surface area contributed by atoms with Gasteiger partial charge in [0.15, 0.2) is 0 Å². The molecule has 33 heavy (non-hydrogen) atoms. The maximum absolute atomic E-state index is 13.4. The van der Waals surface area contributed by atoms with Gasteiger partial charge in [-0.1, -0.05) is 29.8 Å². The minimum absolute atomic E-state index is 0.0205. The average molecular weight is 489 g/mol. The van der Waals surface area contributed by atoms with Crippen LogP contribution in [0.15, 0.2) is 77.7 Å². The fourth-order valence-electron chi connectivity index (χ4n) is 2.98. The number of halogens is 1. The zero-order chi connectivity index (χ0) is 24.0. The van der Waals surface area contributed by atoms with Gasteiger partial charge in [0.2, 0.25) is 5.91 Å². The molecule has 0 spiro atoms. The number of hydrogen-bond acceptors (Lipinski definition) is 6. The summed E-state index contributed by atoms with van der Waals surface area (Å²) in [6.45, 7) is -0.515. The number of carbonyl (C=O) groups is 2. The molecule has 0 saturated carbocycles. The summed E-state index contributed by atoms with van der Waals surface area (Å²) >= 11 is 6.20. The van der Waals surface area contributed by atoms with Crippen LogP contribution in [0.2, 0.25) is 5.02 Å². The number of methoxy groups -OCH3 is 2. The molecule has 0 fully saturated rings. The van der Waals surface area contributed by atoms with Gasteiger partial charge >= 0.3 is 5.97 Å². The number of amides is 1. The molecular formula is C23H21ClN2O6S. The first-order valence-corrected chi connectivity index (χ1v) is 11.5. The molecule has 0 aromatic heterocycles. The van der Waals surface area contributed by atoms with E-state index in [0.29, 0.717) is 17.0 Å². The van der Waals surface area contributed by atoms with Crippen LogP contribution >= 0.6 is 11.6 Å². The lowest BCUT2D eigenvalue weighted by atomic mass is 10.2. The van der Waals surface area contributed by atoms with Crippen LogP contribution in [0.1, 0.15) is 10.4 Å². The van der Waals surface area contributed by atoms with Gasteiger partial charge in [-0.3, -0.25) is 9.10 Å². The fourth-order valence-corrected chi connectivity index (χ4v) is 4.67. The summed E-state index contributed by atoms with van der Waals surface area (Å²) in [5.41, 5.74) is 0.898. The van der Waals surface area contributed by atoms with Crippen molar-refractivity contribution < 1.29 is 27.5 Å². The molecule has 0 heterocycles. The van der Waals surface area contributed by atoms with Crippen LogP contribution in [-0.2, 0) is 19.6 Å². The van der Waals surface area contributed by atoms with Crippen molar-refractivity contribution in [2.75, 3.05) is 30.4 Å². The molecule has 3 aromatic carbocycles. The number of sulfonamides is 1. The lowest BCUT2D eigenvalue weighted by Gasteiger charge is -2.24. The number of hydrogen-bond donors (Lipinski definition) is 1. The molecule has 0 aliphatic rings. The van der Waals surface area contributed by atoms with Gasteiger partial charge in [-0.25, -0.2) is 13.2 Å². The Labute approximate surface area is 196 Å². The Balaban J connectivity index is 1.90. The van der Waals surface area contributed by atoms with Crippen molar-refractivity contribution in [3.8, 4) is 5.75 Å². The number of esters is 1. The van der Waals surface area contributed by atoms with Crippen molar-refractivity contribution in [1.82, 2.24) is 0 Å². The third-order valence-corrected chi connectivity index (χ3v) is 6.71. The van der Waals surface area contributed by atoms with Gasteiger partial charge in [-0.05, 0) is 54.6 Å². The largest absolute Gasteiger partial charge is 0.495 e. The average Bonchev–Trinajstić information content (AvgIpc) is 2.83. The first kappa shape index (κ1) is 24.1. The Kier molecular flexibility index (Phi) is 7.57. The number of carbonyl (C=O) groups excluding carboxylic acids is 2. The van der Waals surface area contributed by atoms with Crippen LogP contribution in [0.5, 0.6) is 5.75 Å². The molecule has 10 heteroatoms. The van der Waals surface area contributed by atoms with E-state index in [-0.39, 0.29) is 15.6 Å². The molecule has 172 valence electrons. The molecular weight excluding hydrogens is 468 g/mol. The number of rotatable bonds is 8. The molecule has 8 nitrogen and oxygen atoms in total. The van der Waals surface area contributed by atoms with E-state index in [1.807, 2.05) is 0 Å². The number of nitrogens with one attached hydrogen (secondary N) is 1. The number of nitrogens with zero attached hydrogens (tertiary/aromatic N) is 1. The predicted molar refractivity (Wildman–Crippen MR) is 125 cm³/mol. The van der Waals surface area contributed by atoms with Crippen LogP contribution in [0.25, 0.3) is 0 Å². The highest BCUT2D eigenvalue weighted by molar-refractivity contribution is 7.92. The van der Waals surface area contributed by atoms with Crippen molar-refractivity contribution in [2.45, 2.75) is 4.90 Å². The molecule has 0 aliphatic carbocycles. The zero-order valence-corrected chi connectivity index (χ0v) is 19.4. The quantitative estimate of drug-likeness (QED) is 0.481. The van der Waals surface area contributed by atoms with Crippen LogP contribution < -0.4 is 14.4 Å². The van der Waals surface area contributed by atoms with E-state index in [4.69, 9.17) is 16.3 Å². The highest BCUT2D eigenvalue weighted by atomic mass is 35.5.